The molecule has 0 amide bonds. The average Bonchev–Trinajstić information content (AvgIpc) is 3.80. The van der Waals surface area contributed by atoms with Gasteiger partial charge < -0.3 is 19.6 Å². The molecule has 6 aromatic carbocycles. The van der Waals surface area contributed by atoms with Crippen molar-refractivity contribution in [2.75, 3.05) is 45.8 Å². The summed E-state index contributed by atoms with van der Waals surface area (Å²) in [7, 11) is 0. The first kappa shape index (κ1) is 28.6. The number of hydrogen-bond acceptors (Lipinski definition) is 4. The van der Waals surface area contributed by atoms with Crippen LogP contribution in [0.5, 0.6) is 0 Å². The molecule has 6 aromatic rings. The van der Waals surface area contributed by atoms with Crippen LogP contribution in [0.1, 0.15) is 23.5 Å². The molecule has 0 N–H and O–H groups in total. The van der Waals surface area contributed by atoms with Crippen molar-refractivity contribution in [1.29, 1.82) is 0 Å². The van der Waals surface area contributed by atoms with Crippen molar-refractivity contribution in [3.63, 3.8) is 0 Å². The van der Waals surface area contributed by atoms with E-state index in [-0.39, 0.29) is 24.0 Å². The molecule has 0 saturated carbocycles. The molecule has 4 nitrogen and oxygen atoms in total. The van der Waals surface area contributed by atoms with Gasteiger partial charge in [-0.25, -0.2) is 8.78 Å². The van der Waals surface area contributed by atoms with Crippen LogP contribution in [0.15, 0.2) is 146 Å². The number of anilines is 4. The maximum Gasteiger partial charge on any atom is 0.129 e. The fourth-order valence-electron chi connectivity index (χ4n) is 8.08. The summed E-state index contributed by atoms with van der Waals surface area (Å²) in [6.45, 7) is 3.79. The smallest absolute Gasteiger partial charge is 0.129 e. The lowest BCUT2D eigenvalue weighted by Gasteiger charge is -2.39. The van der Waals surface area contributed by atoms with E-state index in [1.165, 1.54) is 44.8 Å². The van der Waals surface area contributed by atoms with Gasteiger partial charge in [0.25, 0.3) is 0 Å². The van der Waals surface area contributed by atoms with Gasteiger partial charge in [0, 0.05) is 71.2 Å². The highest BCUT2D eigenvalue weighted by Gasteiger charge is 2.40. The van der Waals surface area contributed by atoms with E-state index in [1.54, 1.807) is 24.3 Å². The van der Waals surface area contributed by atoms with Crippen molar-refractivity contribution in [2.45, 2.75) is 12.3 Å². The van der Waals surface area contributed by atoms with Gasteiger partial charge >= 0.3 is 0 Å². The molecule has 236 valence electrons. The predicted octanol–water partition coefficient (Wildman–Crippen LogP) is 9.66. The van der Waals surface area contributed by atoms with Gasteiger partial charge in [0.15, 0.2) is 0 Å². The van der Waals surface area contributed by atoms with E-state index in [0.29, 0.717) is 0 Å². The molecule has 0 aliphatic carbocycles. The molecule has 0 bridgehead atoms. The maximum atomic E-state index is 13.3. The molecule has 4 heterocycles. The number of rotatable bonds is 2. The first-order chi connectivity index (χ1) is 23.7. The summed E-state index contributed by atoms with van der Waals surface area (Å²) in [5, 5.41) is 0. The minimum atomic E-state index is -0.191. The minimum absolute atomic E-state index is 0.168. The Labute approximate surface area is 279 Å². The fraction of sp³-hybridized carbons (Fsp3) is 0.143. The predicted molar refractivity (Wildman–Crippen MR) is 191 cm³/mol. The minimum Gasteiger partial charge on any atom is -0.346 e. The number of hydrogen-bond donors (Lipinski definition) is 0. The Bertz CT molecular complexity index is 1960. The van der Waals surface area contributed by atoms with E-state index < -0.39 is 0 Å². The first-order valence-electron chi connectivity index (χ1n) is 16.6. The van der Waals surface area contributed by atoms with Crippen LogP contribution in [-0.2, 0) is 0 Å². The van der Waals surface area contributed by atoms with E-state index in [9.17, 15) is 8.78 Å². The van der Waals surface area contributed by atoms with Gasteiger partial charge in [0.2, 0.25) is 0 Å². The average molecular weight is 633 g/mol. The Kier molecular flexibility index (Phi) is 6.89. The maximum absolute atomic E-state index is 13.3. The molecular formula is C42H34F2N4. The Morgan fingerprint density at radius 3 is 1.10 bits per heavy atom. The van der Waals surface area contributed by atoms with Gasteiger partial charge in [0.05, 0.1) is 0 Å². The highest BCUT2D eigenvalue weighted by Crippen LogP contribution is 2.50. The van der Waals surface area contributed by atoms with Gasteiger partial charge in [-0.2, -0.15) is 0 Å². The van der Waals surface area contributed by atoms with Crippen LogP contribution in [0.4, 0.5) is 31.5 Å². The molecular weight excluding hydrogens is 598 g/mol. The van der Waals surface area contributed by atoms with Crippen LogP contribution in [-0.4, -0.2) is 26.2 Å². The highest BCUT2D eigenvalue weighted by molar-refractivity contribution is 5.87. The quantitative estimate of drug-likeness (QED) is 0.188. The zero-order valence-corrected chi connectivity index (χ0v) is 26.4. The van der Waals surface area contributed by atoms with Crippen molar-refractivity contribution >= 4 is 22.7 Å². The molecule has 10 rings (SSSR count). The third-order valence-corrected chi connectivity index (χ3v) is 10.1. The molecule has 2 saturated heterocycles. The van der Waals surface area contributed by atoms with Gasteiger partial charge in [0.1, 0.15) is 24.0 Å². The normalized spacial score (nSPS) is 18.1. The number of halogens is 2. The number of nitrogens with zero attached hydrogens (tertiary/aromatic N) is 4. The van der Waals surface area contributed by atoms with Gasteiger partial charge in [-0.1, -0.05) is 84.9 Å². The largest absolute Gasteiger partial charge is 0.346 e. The fourth-order valence-corrected chi connectivity index (χ4v) is 8.08. The Morgan fingerprint density at radius 2 is 0.688 bits per heavy atom. The summed E-state index contributed by atoms with van der Waals surface area (Å²) in [4.78, 5) is 9.66. The van der Waals surface area contributed by atoms with E-state index in [4.69, 9.17) is 0 Å². The van der Waals surface area contributed by atoms with Crippen molar-refractivity contribution < 1.29 is 8.78 Å². The van der Waals surface area contributed by atoms with E-state index in [0.717, 1.165) is 37.6 Å². The van der Waals surface area contributed by atoms with E-state index >= 15 is 0 Å². The lowest BCUT2D eigenvalue weighted by molar-refractivity contribution is 0.626. The van der Waals surface area contributed by atoms with Crippen LogP contribution in [0.3, 0.4) is 0 Å². The van der Waals surface area contributed by atoms with Crippen LogP contribution >= 0.6 is 0 Å². The molecule has 48 heavy (non-hydrogen) atoms. The second-order valence-electron chi connectivity index (χ2n) is 12.7. The number of para-hydroxylation sites is 2. The molecule has 6 heteroatoms. The van der Waals surface area contributed by atoms with Gasteiger partial charge in [-0.3, -0.25) is 0 Å². The van der Waals surface area contributed by atoms with Crippen molar-refractivity contribution in [3.8, 4) is 22.3 Å². The third-order valence-electron chi connectivity index (χ3n) is 10.1. The monoisotopic (exact) mass is 632 g/mol. The SMILES string of the molecule is Fc1ccc(N2CCN3c4ccccc4-c4ccccc4[C@@H]23)cc1.Fc1ccc(N2CCN3c4ccccc4-c4ccccc4[C@H]23)cc1. The van der Waals surface area contributed by atoms with Gasteiger partial charge in [-0.15, -0.1) is 0 Å². The van der Waals surface area contributed by atoms with Crippen LogP contribution in [0.2, 0.25) is 0 Å². The van der Waals surface area contributed by atoms with Crippen molar-refractivity contribution in [3.05, 3.63) is 168 Å². The summed E-state index contributed by atoms with van der Waals surface area (Å²) >= 11 is 0. The standard InChI is InChI=1S/2C21H17FN2/c2*22-15-9-11-16(12-10-15)23-13-14-24-20-8-4-3-6-18(20)17-5-1-2-7-19(17)21(23)24/h2*1-12,21H,13-14H2/t2*21-/m10/s1. The topological polar surface area (TPSA) is 13.0 Å². The second kappa shape index (κ2) is 11.6. The lowest BCUT2D eigenvalue weighted by atomic mass is 9.91. The summed E-state index contributed by atoms with van der Waals surface area (Å²) in [5.74, 6) is -0.381. The number of fused-ring (bicyclic) bond motifs is 12. The van der Waals surface area contributed by atoms with Crippen molar-refractivity contribution in [2.24, 2.45) is 0 Å². The first-order valence-corrected chi connectivity index (χ1v) is 16.6. The van der Waals surface area contributed by atoms with E-state index in [1.807, 2.05) is 24.3 Å². The molecule has 0 spiro atoms. The number of benzene rings is 6. The molecule has 0 aromatic heterocycles. The molecule has 2 atom stereocenters. The molecule has 0 radical (unpaired) electrons. The zero-order chi connectivity index (χ0) is 32.2. The van der Waals surface area contributed by atoms with Gasteiger partial charge in [-0.05, 0) is 71.8 Å². The molecule has 4 aliphatic rings. The Hall–Kier alpha value is -5.62. The second-order valence-corrected chi connectivity index (χ2v) is 12.7. The summed E-state index contributed by atoms with van der Waals surface area (Å²) in [6, 6.07) is 48.1. The van der Waals surface area contributed by atoms with Crippen LogP contribution in [0, 0.1) is 11.6 Å². The zero-order valence-electron chi connectivity index (χ0n) is 26.4. The molecule has 2 fully saturated rings. The molecule has 4 aliphatic heterocycles. The highest BCUT2D eigenvalue weighted by atomic mass is 19.1. The Morgan fingerprint density at radius 1 is 0.354 bits per heavy atom. The van der Waals surface area contributed by atoms with Crippen LogP contribution in [0.25, 0.3) is 22.3 Å². The van der Waals surface area contributed by atoms with Crippen molar-refractivity contribution in [1.82, 2.24) is 0 Å². The Balaban J connectivity index is 0.000000131. The summed E-state index contributed by atoms with van der Waals surface area (Å²) in [5.41, 5.74) is 12.5. The van der Waals surface area contributed by atoms with Crippen LogP contribution < -0.4 is 19.6 Å². The molecule has 0 unspecified atom stereocenters. The lowest BCUT2D eigenvalue weighted by Crippen LogP contribution is -2.33. The summed E-state index contributed by atoms with van der Waals surface area (Å²) < 4.78 is 26.6. The third kappa shape index (κ3) is 4.62. The summed E-state index contributed by atoms with van der Waals surface area (Å²) in [6.07, 6.45) is 0.336. The van der Waals surface area contributed by atoms with E-state index in [2.05, 4.69) is 117 Å².